The maximum Gasteiger partial charge on any atom is 0.261 e. The predicted octanol–water partition coefficient (Wildman–Crippen LogP) is 2.95. The van der Waals surface area contributed by atoms with Crippen molar-refractivity contribution in [1.29, 1.82) is 0 Å². The molecule has 1 aromatic heterocycles. The van der Waals surface area contributed by atoms with E-state index in [2.05, 4.69) is 4.98 Å². The van der Waals surface area contributed by atoms with E-state index in [1.165, 1.54) is 24.4 Å². The Balaban J connectivity index is 1.37. The van der Waals surface area contributed by atoms with Gasteiger partial charge in [0.05, 0.1) is 5.02 Å². The van der Waals surface area contributed by atoms with Crippen molar-refractivity contribution in [3.05, 3.63) is 52.9 Å². The third-order valence-corrected chi connectivity index (χ3v) is 5.72. The molecular weight excluding hydrogens is 413 g/mol. The summed E-state index contributed by atoms with van der Waals surface area (Å²) in [7, 11) is 0. The van der Waals surface area contributed by atoms with Gasteiger partial charge in [0.2, 0.25) is 5.88 Å². The van der Waals surface area contributed by atoms with Crippen molar-refractivity contribution in [2.24, 2.45) is 5.73 Å². The average Bonchev–Trinajstić information content (AvgIpc) is 2.99. The Labute approximate surface area is 177 Å². The zero-order valence-corrected chi connectivity index (χ0v) is 16.8. The molecule has 4 rings (SSSR count). The second-order valence-corrected chi connectivity index (χ2v) is 7.95. The Hall–Kier alpha value is -2.87. The molecule has 0 saturated carbocycles. The lowest BCUT2D eigenvalue weighted by atomic mass is 9.99. The Morgan fingerprint density at radius 1 is 1.20 bits per heavy atom. The van der Waals surface area contributed by atoms with Crippen LogP contribution in [0.3, 0.4) is 0 Å². The van der Waals surface area contributed by atoms with E-state index in [0.717, 1.165) is 12.8 Å². The summed E-state index contributed by atoms with van der Waals surface area (Å²) in [6.07, 6.45) is 4.49. The number of ether oxygens (including phenoxy) is 2. The molecule has 1 aromatic carbocycles. The van der Waals surface area contributed by atoms with Crippen LogP contribution < -0.4 is 15.2 Å². The fourth-order valence-corrected chi connectivity index (χ4v) is 4.42. The maximum absolute atomic E-state index is 13.1. The van der Waals surface area contributed by atoms with Crippen LogP contribution in [0.2, 0.25) is 5.02 Å². The highest BCUT2D eigenvalue weighted by atomic mass is 35.5. The van der Waals surface area contributed by atoms with Crippen LogP contribution in [0, 0.1) is 5.82 Å². The fraction of sp³-hybridized carbons (Fsp3) is 0.381. The van der Waals surface area contributed by atoms with Crippen molar-refractivity contribution < 1.29 is 23.5 Å². The average molecular weight is 434 g/mol. The third kappa shape index (κ3) is 4.33. The molecule has 2 aromatic rings. The highest BCUT2D eigenvalue weighted by molar-refractivity contribution is 6.30. The van der Waals surface area contributed by atoms with Gasteiger partial charge in [-0.25, -0.2) is 9.37 Å². The summed E-state index contributed by atoms with van der Waals surface area (Å²) in [6, 6.07) is 7.42. The lowest BCUT2D eigenvalue weighted by molar-refractivity contribution is -0.139. The molecule has 0 aliphatic carbocycles. The lowest BCUT2D eigenvalue weighted by Crippen LogP contribution is -2.50. The second-order valence-electron chi connectivity index (χ2n) is 7.51. The highest BCUT2D eigenvalue weighted by Gasteiger charge is 2.44. The van der Waals surface area contributed by atoms with E-state index in [4.69, 9.17) is 26.8 Å². The van der Waals surface area contributed by atoms with Crippen molar-refractivity contribution in [2.45, 2.75) is 43.9 Å². The number of nitrogens with two attached hydrogens (primary N) is 1. The third-order valence-electron chi connectivity index (χ3n) is 5.51. The van der Waals surface area contributed by atoms with Crippen LogP contribution in [-0.4, -0.2) is 46.5 Å². The van der Waals surface area contributed by atoms with E-state index in [-0.39, 0.29) is 53.0 Å². The second kappa shape index (κ2) is 8.47. The van der Waals surface area contributed by atoms with Crippen LogP contribution in [0.25, 0.3) is 0 Å². The standard InChI is InChI=1S/C21H21ClFN3O4/c22-12-7-18(20(24)28)21(25-10-12)29-11-19(27)26-14-3-4-15(26)9-17(8-14)30-16-5-1-13(23)2-6-16/h1-2,5-7,10,14-15,17H,3-4,8-9,11H2,(H2,24,28)/t14-,15+,17?. The number of piperidine rings is 1. The number of fused-ring (bicyclic) bond motifs is 2. The Bertz CT molecular complexity index is 942. The van der Waals surface area contributed by atoms with Gasteiger partial charge in [0, 0.05) is 31.1 Å². The molecular formula is C21H21ClFN3O4. The number of primary amides is 1. The molecule has 3 atom stereocenters. The molecule has 2 amide bonds. The van der Waals surface area contributed by atoms with Gasteiger partial charge in [-0.1, -0.05) is 11.6 Å². The molecule has 2 aliphatic heterocycles. The zero-order valence-electron chi connectivity index (χ0n) is 16.1. The Morgan fingerprint density at radius 3 is 2.50 bits per heavy atom. The topological polar surface area (TPSA) is 94.8 Å². The largest absolute Gasteiger partial charge is 0.490 e. The SMILES string of the molecule is NC(=O)c1cc(Cl)cnc1OCC(=O)N1[C@@H]2CC[C@H]1CC(Oc1ccc(F)cc1)C2. The number of rotatable bonds is 6. The van der Waals surface area contributed by atoms with Gasteiger partial charge in [0.1, 0.15) is 23.2 Å². The summed E-state index contributed by atoms with van der Waals surface area (Å²) < 4.78 is 24.6. The molecule has 158 valence electrons. The first-order chi connectivity index (χ1) is 14.4. The first kappa shape index (κ1) is 20.4. The molecule has 3 heterocycles. The monoisotopic (exact) mass is 433 g/mol. The van der Waals surface area contributed by atoms with Gasteiger partial charge in [0.15, 0.2) is 6.61 Å². The fourth-order valence-electron chi connectivity index (χ4n) is 4.26. The zero-order chi connectivity index (χ0) is 21.3. The molecule has 30 heavy (non-hydrogen) atoms. The minimum absolute atomic E-state index is 0.0119. The van der Waals surface area contributed by atoms with E-state index in [1.54, 1.807) is 12.1 Å². The maximum atomic E-state index is 13.1. The molecule has 0 radical (unpaired) electrons. The number of hydrogen-bond donors (Lipinski definition) is 1. The molecule has 1 unspecified atom stereocenters. The molecule has 2 aliphatic rings. The number of nitrogens with zero attached hydrogens (tertiary/aromatic N) is 2. The van der Waals surface area contributed by atoms with Crippen LogP contribution in [0.5, 0.6) is 11.6 Å². The molecule has 2 saturated heterocycles. The van der Waals surface area contributed by atoms with Crippen molar-refractivity contribution in [3.8, 4) is 11.6 Å². The number of aromatic nitrogens is 1. The highest BCUT2D eigenvalue weighted by Crippen LogP contribution is 2.37. The summed E-state index contributed by atoms with van der Waals surface area (Å²) in [4.78, 5) is 30.2. The van der Waals surface area contributed by atoms with Crippen molar-refractivity contribution in [1.82, 2.24) is 9.88 Å². The molecule has 2 fully saturated rings. The van der Waals surface area contributed by atoms with Crippen LogP contribution in [-0.2, 0) is 4.79 Å². The number of carbonyl (C=O) groups is 2. The summed E-state index contributed by atoms with van der Waals surface area (Å²) in [5, 5.41) is 0.253. The van der Waals surface area contributed by atoms with Crippen LogP contribution >= 0.6 is 11.6 Å². The molecule has 2 bridgehead atoms. The molecule has 2 N–H and O–H groups in total. The van der Waals surface area contributed by atoms with Gasteiger partial charge in [-0.2, -0.15) is 0 Å². The van der Waals surface area contributed by atoms with Crippen molar-refractivity contribution >= 4 is 23.4 Å². The van der Waals surface area contributed by atoms with E-state index in [9.17, 15) is 14.0 Å². The van der Waals surface area contributed by atoms with Gasteiger partial charge in [-0.3, -0.25) is 9.59 Å². The molecule has 7 nitrogen and oxygen atoms in total. The van der Waals surface area contributed by atoms with Crippen LogP contribution in [0.4, 0.5) is 4.39 Å². The van der Waals surface area contributed by atoms with E-state index in [0.29, 0.717) is 18.6 Å². The van der Waals surface area contributed by atoms with E-state index >= 15 is 0 Å². The van der Waals surface area contributed by atoms with Gasteiger partial charge in [-0.05, 0) is 43.2 Å². The summed E-state index contributed by atoms with van der Waals surface area (Å²) in [5.74, 6) is -0.600. The Kier molecular flexibility index (Phi) is 5.76. The summed E-state index contributed by atoms with van der Waals surface area (Å²) in [6.45, 7) is -0.245. The normalized spacial score (nSPS) is 22.6. The lowest BCUT2D eigenvalue weighted by Gasteiger charge is -2.38. The van der Waals surface area contributed by atoms with E-state index < -0.39 is 5.91 Å². The van der Waals surface area contributed by atoms with Crippen LogP contribution in [0.15, 0.2) is 36.5 Å². The quantitative estimate of drug-likeness (QED) is 0.755. The smallest absolute Gasteiger partial charge is 0.261 e. The minimum Gasteiger partial charge on any atom is -0.490 e. The van der Waals surface area contributed by atoms with Crippen molar-refractivity contribution in [2.75, 3.05) is 6.61 Å². The van der Waals surface area contributed by atoms with Gasteiger partial charge < -0.3 is 20.1 Å². The Morgan fingerprint density at radius 2 is 1.87 bits per heavy atom. The van der Waals surface area contributed by atoms with Gasteiger partial charge in [-0.15, -0.1) is 0 Å². The number of amides is 2. The van der Waals surface area contributed by atoms with Crippen LogP contribution in [0.1, 0.15) is 36.0 Å². The van der Waals surface area contributed by atoms with E-state index in [1.807, 2.05) is 4.90 Å². The number of hydrogen-bond acceptors (Lipinski definition) is 5. The molecule has 9 heteroatoms. The van der Waals surface area contributed by atoms with Crippen molar-refractivity contribution in [3.63, 3.8) is 0 Å². The molecule has 0 spiro atoms. The first-order valence-corrected chi connectivity index (χ1v) is 10.1. The summed E-state index contributed by atoms with van der Waals surface area (Å²) >= 11 is 5.84. The van der Waals surface area contributed by atoms with Gasteiger partial charge in [0.25, 0.3) is 11.8 Å². The number of carbonyl (C=O) groups excluding carboxylic acids is 2. The van der Waals surface area contributed by atoms with Gasteiger partial charge >= 0.3 is 0 Å². The minimum atomic E-state index is -0.730. The number of halogens is 2. The summed E-state index contributed by atoms with van der Waals surface area (Å²) in [5.41, 5.74) is 5.36. The number of benzene rings is 1. The first-order valence-electron chi connectivity index (χ1n) is 9.72. The number of pyridine rings is 1. The predicted molar refractivity (Wildman–Crippen MR) is 107 cm³/mol.